The second kappa shape index (κ2) is 6.89. The van der Waals surface area contributed by atoms with Crippen LogP contribution < -0.4 is 0 Å². The van der Waals surface area contributed by atoms with E-state index in [1.807, 2.05) is 53.6 Å². The predicted molar refractivity (Wildman–Crippen MR) is 76.9 cm³/mol. The minimum atomic E-state index is -0.297. The highest BCUT2D eigenvalue weighted by molar-refractivity contribution is 6.51. The lowest BCUT2D eigenvalue weighted by Gasteiger charge is -2.32. The first-order valence-corrected chi connectivity index (χ1v) is 7.08. The highest BCUT2D eigenvalue weighted by atomic mass is 16.7. The molecule has 0 bridgehead atoms. The molecule has 0 N–H and O–H groups in total. The third-order valence-corrected chi connectivity index (χ3v) is 3.60. The molecule has 0 amide bonds. The molecule has 4 nitrogen and oxygen atoms in total. The van der Waals surface area contributed by atoms with E-state index in [9.17, 15) is 0 Å². The van der Waals surface area contributed by atoms with E-state index in [1.54, 1.807) is 0 Å². The first-order valence-electron chi connectivity index (χ1n) is 7.08. The molecule has 0 aromatic rings. The van der Waals surface area contributed by atoms with Gasteiger partial charge in [-0.25, -0.2) is 0 Å². The average Bonchev–Trinajstić information content (AvgIpc) is 2.48. The summed E-state index contributed by atoms with van der Waals surface area (Å²) in [5, 5.41) is 0. The van der Waals surface area contributed by atoms with Gasteiger partial charge >= 0.3 is 7.12 Å². The average molecular weight is 270 g/mol. The first-order chi connectivity index (χ1) is 8.82. The summed E-state index contributed by atoms with van der Waals surface area (Å²) >= 11 is 0. The van der Waals surface area contributed by atoms with Crippen molar-refractivity contribution in [2.45, 2.75) is 65.5 Å². The summed E-state index contributed by atoms with van der Waals surface area (Å²) in [5.74, 6) is 1.93. The lowest BCUT2D eigenvalue weighted by atomic mass is 9.90. The van der Waals surface area contributed by atoms with Crippen LogP contribution in [0.5, 0.6) is 0 Å². The second-order valence-corrected chi connectivity index (χ2v) is 5.63. The zero-order valence-electron chi connectivity index (χ0n) is 13.1. The van der Waals surface area contributed by atoms with Gasteiger partial charge in [0.05, 0.1) is 11.2 Å². The van der Waals surface area contributed by atoms with E-state index >= 15 is 0 Å². The van der Waals surface area contributed by atoms with Crippen molar-refractivity contribution in [1.29, 1.82) is 0 Å². The molecule has 0 aromatic carbocycles. The molecular formula is C14H27BO4. The maximum atomic E-state index is 5.88. The zero-order valence-corrected chi connectivity index (χ0v) is 13.1. The van der Waals surface area contributed by atoms with Crippen molar-refractivity contribution in [3.63, 3.8) is 0 Å². The van der Waals surface area contributed by atoms with Crippen LogP contribution in [0.1, 0.15) is 48.0 Å². The van der Waals surface area contributed by atoms with Crippen LogP contribution >= 0.6 is 0 Å². The molecule has 0 spiro atoms. The Bertz CT molecular complexity index is 280. The van der Waals surface area contributed by atoms with Crippen LogP contribution in [0.15, 0.2) is 12.1 Å². The standard InChI is InChI=1S/C14H27BO4/c1-7-16-12(17-8-2)10-9-11-15-18-13(3,4)14(5,6)19-15/h9,11-12H,7-8,10H2,1-6H3. The molecule has 19 heavy (non-hydrogen) atoms. The molecular weight excluding hydrogens is 243 g/mol. The Kier molecular flexibility index (Phi) is 6.05. The molecule has 1 fully saturated rings. The van der Waals surface area contributed by atoms with Gasteiger partial charge in [0.15, 0.2) is 6.29 Å². The van der Waals surface area contributed by atoms with Crippen molar-refractivity contribution in [3.8, 4) is 0 Å². The van der Waals surface area contributed by atoms with Crippen LogP contribution in [0.3, 0.4) is 0 Å². The Hall–Kier alpha value is -0.355. The summed E-state index contributed by atoms with van der Waals surface area (Å²) in [4.78, 5) is 0. The summed E-state index contributed by atoms with van der Waals surface area (Å²) in [5.41, 5.74) is -0.581. The Labute approximate surface area is 117 Å². The minimum Gasteiger partial charge on any atom is -0.400 e. The van der Waals surface area contributed by atoms with Crippen LogP contribution in [0.25, 0.3) is 0 Å². The van der Waals surface area contributed by atoms with Gasteiger partial charge in [-0.1, -0.05) is 12.1 Å². The maximum Gasteiger partial charge on any atom is 0.486 e. The Morgan fingerprint density at radius 1 is 1.00 bits per heavy atom. The van der Waals surface area contributed by atoms with Crippen molar-refractivity contribution in [2.24, 2.45) is 0 Å². The normalized spacial score (nSPS) is 21.7. The summed E-state index contributed by atoms with van der Waals surface area (Å²) < 4.78 is 22.7. The summed E-state index contributed by atoms with van der Waals surface area (Å²) in [7, 11) is -0.297. The van der Waals surface area contributed by atoms with E-state index in [4.69, 9.17) is 18.8 Å². The quantitative estimate of drug-likeness (QED) is 0.526. The second-order valence-electron chi connectivity index (χ2n) is 5.63. The molecule has 1 saturated heterocycles. The zero-order chi connectivity index (χ0) is 14.5. The molecule has 0 atom stereocenters. The van der Waals surface area contributed by atoms with E-state index in [0.29, 0.717) is 19.6 Å². The molecule has 0 radical (unpaired) electrons. The highest BCUT2D eigenvalue weighted by Crippen LogP contribution is 2.36. The highest BCUT2D eigenvalue weighted by Gasteiger charge is 2.49. The van der Waals surface area contributed by atoms with Crippen molar-refractivity contribution in [1.82, 2.24) is 0 Å². The smallest absolute Gasteiger partial charge is 0.400 e. The summed E-state index contributed by atoms with van der Waals surface area (Å²) in [6.07, 6.45) is 2.51. The number of hydrogen-bond donors (Lipinski definition) is 0. The van der Waals surface area contributed by atoms with Crippen LogP contribution in [-0.2, 0) is 18.8 Å². The molecule has 1 heterocycles. The molecule has 1 aliphatic heterocycles. The summed E-state index contributed by atoms with van der Waals surface area (Å²) in [6.45, 7) is 13.4. The summed E-state index contributed by atoms with van der Waals surface area (Å²) in [6, 6.07) is 0. The molecule has 0 saturated carbocycles. The Morgan fingerprint density at radius 2 is 1.47 bits per heavy atom. The van der Waals surface area contributed by atoms with E-state index < -0.39 is 0 Å². The van der Waals surface area contributed by atoms with E-state index in [0.717, 1.165) is 0 Å². The topological polar surface area (TPSA) is 36.9 Å². The Balaban J connectivity index is 2.45. The van der Waals surface area contributed by atoms with Crippen LogP contribution in [0.2, 0.25) is 0 Å². The molecule has 5 heteroatoms. The molecule has 1 rings (SSSR count). The Morgan fingerprint density at radius 3 is 1.89 bits per heavy atom. The van der Waals surface area contributed by atoms with Gasteiger partial charge in [0.2, 0.25) is 0 Å². The van der Waals surface area contributed by atoms with Gasteiger partial charge < -0.3 is 18.8 Å². The largest absolute Gasteiger partial charge is 0.486 e. The van der Waals surface area contributed by atoms with Gasteiger partial charge in [-0.3, -0.25) is 0 Å². The molecule has 0 aliphatic carbocycles. The van der Waals surface area contributed by atoms with Gasteiger partial charge in [0, 0.05) is 19.6 Å². The van der Waals surface area contributed by atoms with E-state index in [1.165, 1.54) is 0 Å². The number of rotatable bonds is 7. The van der Waals surface area contributed by atoms with Crippen molar-refractivity contribution in [2.75, 3.05) is 13.2 Å². The lowest BCUT2D eigenvalue weighted by molar-refractivity contribution is -0.133. The van der Waals surface area contributed by atoms with Gasteiger partial charge in [-0.15, -0.1) is 0 Å². The number of hydrogen-bond acceptors (Lipinski definition) is 4. The van der Waals surface area contributed by atoms with Gasteiger partial charge in [0.1, 0.15) is 0 Å². The fraction of sp³-hybridized carbons (Fsp3) is 0.857. The first kappa shape index (κ1) is 16.7. The van der Waals surface area contributed by atoms with E-state index in [-0.39, 0.29) is 24.6 Å². The molecule has 1 aliphatic rings. The predicted octanol–water partition coefficient (Wildman–Crippen LogP) is 2.96. The fourth-order valence-electron chi connectivity index (χ4n) is 1.82. The van der Waals surface area contributed by atoms with Gasteiger partial charge in [-0.05, 0) is 41.5 Å². The van der Waals surface area contributed by atoms with Gasteiger partial charge in [-0.2, -0.15) is 0 Å². The number of ether oxygens (including phenoxy) is 2. The monoisotopic (exact) mass is 270 g/mol. The van der Waals surface area contributed by atoms with Crippen molar-refractivity contribution < 1.29 is 18.8 Å². The fourth-order valence-corrected chi connectivity index (χ4v) is 1.82. The van der Waals surface area contributed by atoms with Crippen LogP contribution in [0.4, 0.5) is 0 Å². The molecule has 110 valence electrons. The van der Waals surface area contributed by atoms with Crippen LogP contribution in [-0.4, -0.2) is 37.8 Å². The molecule has 0 aromatic heterocycles. The minimum absolute atomic E-state index is 0.186. The van der Waals surface area contributed by atoms with Crippen molar-refractivity contribution >= 4 is 7.12 Å². The van der Waals surface area contributed by atoms with Crippen molar-refractivity contribution in [3.05, 3.63) is 12.1 Å². The van der Waals surface area contributed by atoms with E-state index in [2.05, 4.69) is 0 Å². The third-order valence-electron chi connectivity index (χ3n) is 3.60. The maximum absolute atomic E-state index is 5.88. The SMILES string of the molecule is CCOC(CC=CB1OC(C)(C)C(C)(C)O1)OCC. The van der Waals surface area contributed by atoms with Crippen LogP contribution in [0, 0.1) is 0 Å². The lowest BCUT2D eigenvalue weighted by Crippen LogP contribution is -2.41. The third kappa shape index (κ3) is 4.60. The van der Waals surface area contributed by atoms with Gasteiger partial charge in [0.25, 0.3) is 0 Å². The molecule has 0 unspecified atom stereocenters.